The van der Waals surface area contributed by atoms with Gasteiger partial charge in [0.05, 0.1) is 15.4 Å². The summed E-state index contributed by atoms with van der Waals surface area (Å²) in [5.74, 6) is 0. The third-order valence-electron chi connectivity index (χ3n) is 1.10. The van der Waals surface area contributed by atoms with Crippen molar-refractivity contribution in [2.24, 2.45) is 0 Å². The fraction of sp³-hybridized carbons (Fsp3) is 0. The Kier molecular flexibility index (Phi) is 3.02. The lowest BCUT2D eigenvalue weighted by molar-refractivity contribution is 1.60. The summed E-state index contributed by atoms with van der Waals surface area (Å²) in [4.78, 5) is 0. The third-order valence-corrected chi connectivity index (χ3v) is 2.43. The topological polar surface area (TPSA) is 0 Å². The van der Waals surface area contributed by atoms with Gasteiger partial charge in [0, 0.05) is 0 Å². The van der Waals surface area contributed by atoms with Crippen molar-refractivity contribution in [2.45, 2.75) is 0 Å². The van der Waals surface area contributed by atoms with E-state index in [2.05, 4.69) is 15.9 Å². The lowest BCUT2D eigenvalue weighted by Gasteiger charge is -1.99. The van der Waals surface area contributed by atoms with Gasteiger partial charge in [-0.15, -0.1) is 0 Å². The number of hydrogen-bond acceptors (Lipinski definition) is 0. The van der Waals surface area contributed by atoms with Crippen molar-refractivity contribution in [2.75, 3.05) is 0 Å². The highest BCUT2D eigenvalue weighted by Crippen LogP contribution is 2.27. The molecule has 3 heteroatoms. The summed E-state index contributed by atoms with van der Waals surface area (Å²) in [5.41, 5.74) is 0.897. The van der Waals surface area contributed by atoms with Crippen molar-refractivity contribution < 1.29 is 0 Å². The van der Waals surface area contributed by atoms with Gasteiger partial charge in [0.1, 0.15) is 0 Å². The van der Waals surface area contributed by atoms with E-state index in [0.717, 1.165) is 5.56 Å². The van der Waals surface area contributed by atoms with Gasteiger partial charge in [0.2, 0.25) is 0 Å². The predicted molar refractivity (Wildman–Crippen MR) is 48.8 cm³/mol. The van der Waals surface area contributed by atoms with E-state index < -0.39 is 0 Å². The maximum Gasteiger partial charge on any atom is 0.0636 e. The average Bonchev–Trinajstić information content (AvgIpc) is 1.95. The molecule has 0 nitrogen and oxygen atoms in total. The highest BCUT2D eigenvalue weighted by atomic mass is 79.9. The van der Waals surface area contributed by atoms with Gasteiger partial charge in [-0.05, 0) is 11.6 Å². The van der Waals surface area contributed by atoms with Crippen LogP contribution in [0.2, 0.25) is 10.0 Å². The Bertz CT molecular complexity index is 235. The quantitative estimate of drug-likeness (QED) is 0.697. The van der Waals surface area contributed by atoms with Crippen molar-refractivity contribution in [3.63, 3.8) is 0 Å². The first-order valence-electron chi connectivity index (χ1n) is 2.63. The molecule has 0 aliphatic heterocycles. The summed E-state index contributed by atoms with van der Waals surface area (Å²) in [7, 11) is 0. The molecule has 0 heterocycles. The molecule has 0 N–H and O–H groups in total. The van der Waals surface area contributed by atoms with Crippen LogP contribution in [-0.2, 0) is 0 Å². The summed E-state index contributed by atoms with van der Waals surface area (Å²) in [5, 5.41) is 2.90. The van der Waals surface area contributed by atoms with Crippen LogP contribution in [0.15, 0.2) is 18.2 Å². The van der Waals surface area contributed by atoms with E-state index in [9.17, 15) is 0 Å². The van der Waals surface area contributed by atoms with E-state index >= 15 is 0 Å². The largest absolute Gasteiger partial charge is 0.0827 e. The SMILES string of the molecule is Clc1cccc([CH]Br)c1Cl. The standard InChI is InChI=1S/C7H4BrCl2/c8-4-5-2-1-3-6(9)7(5)10/h1-4H. The van der Waals surface area contributed by atoms with Gasteiger partial charge in [0.25, 0.3) is 0 Å². The van der Waals surface area contributed by atoms with Gasteiger partial charge in [-0.25, -0.2) is 0 Å². The molecule has 0 atom stereocenters. The molecule has 53 valence electrons. The van der Waals surface area contributed by atoms with Gasteiger partial charge >= 0.3 is 0 Å². The third kappa shape index (κ3) is 1.66. The van der Waals surface area contributed by atoms with Gasteiger partial charge in [0.15, 0.2) is 0 Å². The Morgan fingerprint density at radius 1 is 1.30 bits per heavy atom. The zero-order valence-corrected chi connectivity index (χ0v) is 8.04. The van der Waals surface area contributed by atoms with E-state index in [1.54, 1.807) is 11.4 Å². The Labute approximate surface area is 78.3 Å². The van der Waals surface area contributed by atoms with Crippen molar-refractivity contribution in [1.82, 2.24) is 0 Å². The summed E-state index contributed by atoms with van der Waals surface area (Å²) in [6.07, 6.45) is 0. The highest BCUT2D eigenvalue weighted by Gasteiger charge is 2.01. The Morgan fingerprint density at radius 2 is 2.00 bits per heavy atom. The predicted octanol–water partition coefficient (Wildman–Crippen LogP) is 3.90. The summed E-state index contributed by atoms with van der Waals surface area (Å²) in [6, 6.07) is 5.48. The lowest BCUT2D eigenvalue weighted by Crippen LogP contribution is -1.76. The number of halogens is 3. The molecule has 0 aromatic heterocycles. The molecule has 0 bridgehead atoms. The van der Waals surface area contributed by atoms with Crippen molar-refractivity contribution in [3.8, 4) is 0 Å². The zero-order chi connectivity index (χ0) is 7.56. The van der Waals surface area contributed by atoms with Crippen LogP contribution < -0.4 is 0 Å². The maximum absolute atomic E-state index is 5.80. The van der Waals surface area contributed by atoms with Crippen molar-refractivity contribution in [1.29, 1.82) is 0 Å². The minimum absolute atomic E-state index is 0.579. The second-order valence-corrected chi connectivity index (χ2v) is 3.00. The molecule has 0 saturated heterocycles. The van der Waals surface area contributed by atoms with E-state index in [1.165, 1.54) is 0 Å². The second kappa shape index (κ2) is 3.61. The minimum atomic E-state index is 0.579. The minimum Gasteiger partial charge on any atom is -0.0827 e. The fourth-order valence-electron chi connectivity index (χ4n) is 0.605. The maximum atomic E-state index is 5.80. The van der Waals surface area contributed by atoms with Crippen LogP contribution in [0.25, 0.3) is 0 Å². The molecule has 1 rings (SSSR count). The molecule has 0 amide bonds. The van der Waals surface area contributed by atoms with Gasteiger partial charge in [-0.2, -0.15) is 0 Å². The number of hydrogen-bond donors (Lipinski definition) is 0. The molecule has 1 radical (unpaired) electrons. The smallest absolute Gasteiger partial charge is 0.0636 e. The van der Waals surface area contributed by atoms with Crippen LogP contribution in [0.3, 0.4) is 0 Å². The van der Waals surface area contributed by atoms with Crippen LogP contribution in [-0.4, -0.2) is 0 Å². The first-order chi connectivity index (χ1) is 4.75. The first-order valence-corrected chi connectivity index (χ1v) is 4.30. The molecule has 1 aromatic carbocycles. The molecular weight excluding hydrogens is 235 g/mol. The lowest BCUT2D eigenvalue weighted by atomic mass is 10.2. The number of rotatable bonds is 1. The van der Waals surface area contributed by atoms with Crippen LogP contribution in [0, 0.1) is 5.33 Å². The molecule has 0 unspecified atom stereocenters. The zero-order valence-electron chi connectivity index (χ0n) is 4.94. The first kappa shape index (κ1) is 8.38. The average molecular weight is 239 g/mol. The van der Waals surface area contributed by atoms with Crippen LogP contribution in [0.5, 0.6) is 0 Å². The normalized spacial score (nSPS) is 9.90. The van der Waals surface area contributed by atoms with Crippen LogP contribution in [0.1, 0.15) is 5.56 Å². The Balaban J connectivity index is 3.14. The molecular formula is C7H4BrCl2. The molecule has 0 spiro atoms. The molecule has 1 aromatic rings. The fourth-order valence-corrected chi connectivity index (χ4v) is 1.48. The Hall–Kier alpha value is 0.280. The highest BCUT2D eigenvalue weighted by molar-refractivity contribution is 9.10. The van der Waals surface area contributed by atoms with E-state index in [0.29, 0.717) is 10.0 Å². The monoisotopic (exact) mass is 237 g/mol. The molecule has 10 heavy (non-hydrogen) atoms. The molecule has 0 fully saturated rings. The summed E-state index contributed by atoms with van der Waals surface area (Å²) >= 11 is 14.7. The van der Waals surface area contributed by atoms with E-state index in [4.69, 9.17) is 23.2 Å². The van der Waals surface area contributed by atoms with Gasteiger partial charge in [-0.3, -0.25) is 0 Å². The van der Waals surface area contributed by atoms with E-state index in [1.807, 2.05) is 12.1 Å². The van der Waals surface area contributed by atoms with Gasteiger partial charge < -0.3 is 0 Å². The Morgan fingerprint density at radius 3 is 2.50 bits per heavy atom. The van der Waals surface area contributed by atoms with Gasteiger partial charge in [-0.1, -0.05) is 51.3 Å². The van der Waals surface area contributed by atoms with Crippen LogP contribution in [0.4, 0.5) is 0 Å². The molecule has 0 aliphatic rings. The molecule has 0 aliphatic carbocycles. The summed E-state index contributed by atoms with van der Waals surface area (Å²) in [6.45, 7) is 0. The second-order valence-electron chi connectivity index (χ2n) is 1.75. The van der Waals surface area contributed by atoms with Crippen molar-refractivity contribution in [3.05, 3.63) is 39.1 Å². The summed E-state index contributed by atoms with van der Waals surface area (Å²) < 4.78 is 0. The van der Waals surface area contributed by atoms with E-state index in [-0.39, 0.29) is 0 Å². The van der Waals surface area contributed by atoms with Crippen molar-refractivity contribution >= 4 is 39.1 Å². The molecule has 0 saturated carbocycles. The number of benzene rings is 1. The van der Waals surface area contributed by atoms with Crippen LogP contribution >= 0.6 is 39.1 Å².